The molecule has 2 aliphatic heterocycles. The van der Waals surface area contributed by atoms with Gasteiger partial charge in [0.2, 0.25) is 0 Å². The number of carbonyl (C=O) groups excluding carboxylic acids is 2. The Labute approximate surface area is 207 Å². The Kier molecular flexibility index (Phi) is 9.37. The summed E-state index contributed by atoms with van der Waals surface area (Å²) in [6, 6.07) is 6.21. The average molecular weight is 507 g/mol. The Balaban J connectivity index is 1.57. The first kappa shape index (κ1) is 27.5. The summed E-state index contributed by atoms with van der Waals surface area (Å²) in [6.45, 7) is 4.66. The summed E-state index contributed by atoms with van der Waals surface area (Å²) < 4.78 is 21.5. The number of phenols is 1. The van der Waals surface area contributed by atoms with Gasteiger partial charge in [-0.05, 0) is 42.3 Å². The summed E-state index contributed by atoms with van der Waals surface area (Å²) in [6.07, 6.45) is -4.58. The highest BCUT2D eigenvalue weighted by Gasteiger charge is 2.44. The number of ether oxygens (including phenoxy) is 4. The molecule has 3 rings (SSSR count). The van der Waals surface area contributed by atoms with E-state index in [0.717, 1.165) is 0 Å². The molecule has 0 spiro atoms. The van der Waals surface area contributed by atoms with Crippen LogP contribution in [0.1, 0.15) is 18.9 Å². The van der Waals surface area contributed by atoms with Crippen molar-refractivity contribution in [3.05, 3.63) is 59.7 Å². The third-order valence-electron chi connectivity index (χ3n) is 5.75. The summed E-state index contributed by atoms with van der Waals surface area (Å²) in [5.41, 5.74) is 1.39. The Bertz CT molecular complexity index is 998. The van der Waals surface area contributed by atoms with Crippen LogP contribution in [0.15, 0.2) is 54.1 Å². The lowest BCUT2D eigenvalue weighted by Crippen LogP contribution is -2.59. The van der Waals surface area contributed by atoms with Crippen molar-refractivity contribution < 1.29 is 54.1 Å². The second-order valence-corrected chi connectivity index (χ2v) is 8.54. The van der Waals surface area contributed by atoms with E-state index in [1.807, 2.05) is 0 Å². The fourth-order valence-electron chi connectivity index (χ4n) is 3.75. The lowest BCUT2D eigenvalue weighted by atomic mass is 9.99. The van der Waals surface area contributed by atoms with Crippen molar-refractivity contribution in [2.45, 2.75) is 56.3 Å². The molecular weight excluding hydrogens is 476 g/mol. The first-order valence-electron chi connectivity index (χ1n) is 11.3. The molecule has 7 atom stereocenters. The number of aliphatic hydroxyl groups excluding tert-OH is 4. The van der Waals surface area contributed by atoms with Gasteiger partial charge < -0.3 is 44.5 Å². The second kappa shape index (κ2) is 12.3. The van der Waals surface area contributed by atoms with E-state index < -0.39 is 61.5 Å². The van der Waals surface area contributed by atoms with Crippen LogP contribution in [0.3, 0.4) is 0 Å². The van der Waals surface area contributed by atoms with E-state index in [9.17, 15) is 35.1 Å². The molecule has 0 bridgehead atoms. The predicted octanol–water partition coefficient (Wildman–Crippen LogP) is -0.0483. The number of cyclic esters (lactones) is 1. The normalized spacial score (nSPS) is 30.4. The van der Waals surface area contributed by atoms with Crippen molar-refractivity contribution in [2.75, 3.05) is 13.2 Å². The van der Waals surface area contributed by atoms with Crippen LogP contribution >= 0.6 is 0 Å². The zero-order valence-electron chi connectivity index (χ0n) is 19.6. The van der Waals surface area contributed by atoms with Gasteiger partial charge in [-0.2, -0.15) is 0 Å². The third-order valence-corrected chi connectivity index (χ3v) is 5.75. The molecule has 1 aromatic rings. The molecule has 1 aromatic carbocycles. The van der Waals surface area contributed by atoms with Crippen LogP contribution in [0.2, 0.25) is 0 Å². The van der Waals surface area contributed by atoms with Crippen LogP contribution in [0.25, 0.3) is 6.08 Å². The van der Waals surface area contributed by atoms with E-state index in [2.05, 4.69) is 6.58 Å². The number of aromatic hydroxyl groups is 1. The third kappa shape index (κ3) is 6.78. The second-order valence-electron chi connectivity index (χ2n) is 8.54. The van der Waals surface area contributed by atoms with Crippen molar-refractivity contribution in [1.82, 2.24) is 0 Å². The number of phenolic OH excluding ortho intramolecular Hbond substituents is 1. The zero-order valence-corrected chi connectivity index (χ0v) is 19.6. The maximum atomic E-state index is 12.3. The van der Waals surface area contributed by atoms with Crippen LogP contribution in [0.4, 0.5) is 0 Å². The molecule has 196 valence electrons. The molecule has 5 N–H and O–H groups in total. The lowest BCUT2D eigenvalue weighted by molar-refractivity contribution is -0.298. The standard InChI is InChI=1S/C25H30O11/c1-13(2)23(36-19(28)8-5-14-3-6-16(27)7-4-14)17-11-15(24(32)34-17)9-10-33-25-22(31)21(30)20(29)18(12-26)35-25/h3-9,17-18,20-23,25-27,29-31H,1,10-12H2,2H3. The quantitative estimate of drug-likeness (QED) is 0.173. The Hall–Kier alpha value is -3.06. The highest BCUT2D eigenvalue weighted by atomic mass is 16.7. The molecule has 36 heavy (non-hydrogen) atoms. The van der Waals surface area contributed by atoms with E-state index in [0.29, 0.717) is 11.1 Å². The molecule has 11 heteroatoms. The summed E-state index contributed by atoms with van der Waals surface area (Å²) >= 11 is 0. The number of benzene rings is 1. The molecule has 0 aromatic heterocycles. The smallest absolute Gasteiger partial charge is 0.334 e. The SMILES string of the molecule is C=C(C)C(OC(=O)C=Cc1ccc(O)cc1)C1CC(=CCOC2OC(CO)C(O)C(O)C2O)C(=O)O1. The first-order chi connectivity index (χ1) is 17.1. The molecular formula is C25H30O11. The van der Waals surface area contributed by atoms with Gasteiger partial charge in [-0.15, -0.1) is 0 Å². The minimum Gasteiger partial charge on any atom is -0.508 e. The topological polar surface area (TPSA) is 172 Å². The van der Waals surface area contributed by atoms with Gasteiger partial charge >= 0.3 is 11.9 Å². The van der Waals surface area contributed by atoms with Gasteiger partial charge in [0.05, 0.1) is 13.2 Å². The average Bonchev–Trinajstić information content (AvgIpc) is 3.21. The van der Waals surface area contributed by atoms with Gasteiger partial charge in [0.15, 0.2) is 12.4 Å². The van der Waals surface area contributed by atoms with Crippen molar-refractivity contribution in [1.29, 1.82) is 0 Å². The highest BCUT2D eigenvalue weighted by Crippen LogP contribution is 2.28. The van der Waals surface area contributed by atoms with Gasteiger partial charge in [-0.3, -0.25) is 0 Å². The fourth-order valence-corrected chi connectivity index (χ4v) is 3.75. The molecule has 0 saturated carbocycles. The molecule has 2 fully saturated rings. The fraction of sp³-hybridized carbons (Fsp3) is 0.440. The summed E-state index contributed by atoms with van der Waals surface area (Å²) in [5.74, 6) is -1.21. The maximum absolute atomic E-state index is 12.3. The number of carbonyl (C=O) groups is 2. The number of aliphatic hydroxyl groups is 4. The van der Waals surface area contributed by atoms with E-state index in [4.69, 9.17) is 18.9 Å². The lowest BCUT2D eigenvalue weighted by Gasteiger charge is -2.39. The van der Waals surface area contributed by atoms with Gasteiger partial charge in [-0.1, -0.05) is 18.7 Å². The van der Waals surface area contributed by atoms with Crippen molar-refractivity contribution >= 4 is 18.0 Å². The molecule has 0 aliphatic carbocycles. The van der Waals surface area contributed by atoms with Gasteiger partial charge in [0.1, 0.15) is 36.3 Å². The van der Waals surface area contributed by atoms with Crippen LogP contribution in [0, 0.1) is 0 Å². The van der Waals surface area contributed by atoms with Gasteiger partial charge in [0, 0.05) is 18.1 Å². The van der Waals surface area contributed by atoms with Gasteiger partial charge in [0.25, 0.3) is 0 Å². The summed E-state index contributed by atoms with van der Waals surface area (Å²) in [4.78, 5) is 24.7. The molecule has 2 aliphatic rings. The zero-order chi connectivity index (χ0) is 26.4. The Morgan fingerprint density at radius 1 is 1.19 bits per heavy atom. The number of esters is 2. The van der Waals surface area contributed by atoms with E-state index in [1.54, 1.807) is 19.1 Å². The van der Waals surface area contributed by atoms with E-state index in [1.165, 1.54) is 30.4 Å². The summed E-state index contributed by atoms with van der Waals surface area (Å²) in [5, 5.41) is 48.2. The van der Waals surface area contributed by atoms with Crippen molar-refractivity contribution in [2.24, 2.45) is 0 Å². The molecule has 0 radical (unpaired) electrons. The van der Waals surface area contributed by atoms with E-state index in [-0.39, 0.29) is 24.4 Å². The van der Waals surface area contributed by atoms with Crippen molar-refractivity contribution in [3.63, 3.8) is 0 Å². The number of hydrogen-bond acceptors (Lipinski definition) is 11. The van der Waals surface area contributed by atoms with Crippen LogP contribution in [0.5, 0.6) is 5.75 Å². The Morgan fingerprint density at radius 3 is 2.53 bits per heavy atom. The van der Waals surface area contributed by atoms with Crippen molar-refractivity contribution in [3.8, 4) is 5.75 Å². The number of hydrogen-bond donors (Lipinski definition) is 5. The van der Waals surface area contributed by atoms with E-state index >= 15 is 0 Å². The largest absolute Gasteiger partial charge is 0.508 e. The Morgan fingerprint density at radius 2 is 1.89 bits per heavy atom. The monoisotopic (exact) mass is 506 g/mol. The molecule has 2 saturated heterocycles. The van der Waals surface area contributed by atoms with Gasteiger partial charge in [-0.25, -0.2) is 9.59 Å². The predicted molar refractivity (Wildman–Crippen MR) is 124 cm³/mol. The number of rotatable bonds is 9. The molecule has 7 unspecified atom stereocenters. The van der Waals surface area contributed by atoms with Crippen LogP contribution < -0.4 is 0 Å². The minimum atomic E-state index is -1.58. The molecule has 0 amide bonds. The van der Waals surface area contributed by atoms with Crippen LogP contribution in [-0.2, 0) is 28.5 Å². The van der Waals surface area contributed by atoms with Crippen LogP contribution in [-0.4, -0.2) is 93.6 Å². The first-order valence-corrected chi connectivity index (χ1v) is 11.3. The highest BCUT2D eigenvalue weighted by molar-refractivity contribution is 5.91. The minimum absolute atomic E-state index is 0.0996. The maximum Gasteiger partial charge on any atom is 0.334 e. The molecule has 2 heterocycles. The summed E-state index contributed by atoms with van der Waals surface area (Å²) in [7, 11) is 0. The molecule has 11 nitrogen and oxygen atoms in total.